The molecule has 2 heterocycles. The highest BCUT2D eigenvalue weighted by Gasteiger charge is 2.21. The molecule has 0 aliphatic heterocycles. The summed E-state index contributed by atoms with van der Waals surface area (Å²) in [5.41, 5.74) is 0.855. The van der Waals surface area contributed by atoms with E-state index in [-0.39, 0.29) is 17.1 Å². The van der Waals surface area contributed by atoms with E-state index < -0.39 is 17.8 Å². The maximum atomic E-state index is 12.1. The Bertz CT molecular complexity index is 847. The van der Waals surface area contributed by atoms with Crippen LogP contribution in [0.4, 0.5) is 15.4 Å². The Morgan fingerprint density at radius 3 is 2.58 bits per heavy atom. The van der Waals surface area contributed by atoms with E-state index in [1.165, 1.54) is 11.3 Å². The van der Waals surface area contributed by atoms with Crippen molar-refractivity contribution in [3.63, 3.8) is 0 Å². The standard InChI is InChI=1S/C16H21ClN4O4S/c1-7(18-14(22)23)6-9-8(2)10-11(26-9)12(20-13(17)19-10)21-15(24)25-16(3,4)5/h7,18H,6H2,1-5H3,(H,22,23)(H,19,20,21,24)/t7-/m0/s1. The number of carbonyl (C=O) groups is 2. The molecule has 0 unspecified atom stereocenters. The molecule has 2 aromatic rings. The Kier molecular flexibility index (Phi) is 5.92. The smallest absolute Gasteiger partial charge is 0.413 e. The molecule has 0 radical (unpaired) electrons. The molecular formula is C16H21ClN4O4S. The lowest BCUT2D eigenvalue weighted by Crippen LogP contribution is -2.32. The van der Waals surface area contributed by atoms with Gasteiger partial charge >= 0.3 is 12.2 Å². The van der Waals surface area contributed by atoms with Crippen LogP contribution < -0.4 is 10.6 Å². The third-order valence-electron chi connectivity index (χ3n) is 3.32. The van der Waals surface area contributed by atoms with Crippen molar-refractivity contribution in [1.82, 2.24) is 15.3 Å². The van der Waals surface area contributed by atoms with Crippen LogP contribution in [0.5, 0.6) is 0 Å². The third-order valence-corrected chi connectivity index (χ3v) is 4.80. The summed E-state index contributed by atoms with van der Waals surface area (Å²) in [6, 6.07) is -0.273. The first kappa shape index (κ1) is 20.2. The highest BCUT2D eigenvalue weighted by molar-refractivity contribution is 7.19. The Morgan fingerprint density at radius 1 is 1.35 bits per heavy atom. The monoisotopic (exact) mass is 400 g/mol. The third kappa shape index (κ3) is 5.18. The second-order valence-electron chi connectivity index (χ2n) is 6.85. The fraction of sp³-hybridized carbons (Fsp3) is 0.500. The number of carboxylic acid groups (broad SMARTS) is 1. The van der Waals surface area contributed by atoms with E-state index in [0.717, 1.165) is 10.4 Å². The molecule has 0 saturated carbocycles. The quantitative estimate of drug-likeness (QED) is 0.663. The first-order valence-electron chi connectivity index (χ1n) is 7.91. The molecule has 2 aromatic heterocycles. The second-order valence-corrected chi connectivity index (χ2v) is 8.29. The molecule has 0 aliphatic rings. The lowest BCUT2D eigenvalue weighted by atomic mass is 10.1. The number of hydrogen-bond donors (Lipinski definition) is 3. The van der Waals surface area contributed by atoms with E-state index in [2.05, 4.69) is 20.6 Å². The molecule has 142 valence electrons. The molecule has 2 rings (SSSR count). The van der Waals surface area contributed by atoms with Crippen molar-refractivity contribution in [3.05, 3.63) is 15.7 Å². The summed E-state index contributed by atoms with van der Waals surface area (Å²) < 4.78 is 5.91. The maximum Gasteiger partial charge on any atom is 0.413 e. The zero-order chi connectivity index (χ0) is 19.6. The number of anilines is 1. The molecule has 0 spiro atoms. The summed E-state index contributed by atoms with van der Waals surface area (Å²) in [6.45, 7) is 8.94. The lowest BCUT2D eigenvalue weighted by Gasteiger charge is -2.19. The first-order valence-corrected chi connectivity index (χ1v) is 9.10. The number of fused-ring (bicyclic) bond motifs is 1. The van der Waals surface area contributed by atoms with Gasteiger partial charge in [-0.25, -0.2) is 14.6 Å². The number of rotatable bonds is 4. The summed E-state index contributed by atoms with van der Waals surface area (Å²) in [4.78, 5) is 32.1. The van der Waals surface area contributed by atoms with E-state index in [1.54, 1.807) is 27.7 Å². The lowest BCUT2D eigenvalue weighted by molar-refractivity contribution is 0.0635. The van der Waals surface area contributed by atoms with Gasteiger partial charge in [-0.15, -0.1) is 11.3 Å². The number of nitrogens with zero attached hydrogens (tertiary/aromatic N) is 2. The number of hydrogen-bond acceptors (Lipinski definition) is 6. The average molecular weight is 401 g/mol. The molecule has 2 amide bonds. The molecule has 10 heteroatoms. The predicted molar refractivity (Wildman–Crippen MR) is 101 cm³/mol. The highest BCUT2D eigenvalue weighted by atomic mass is 35.5. The Hall–Kier alpha value is -2.13. The van der Waals surface area contributed by atoms with Crippen LogP contribution in [0, 0.1) is 6.92 Å². The minimum atomic E-state index is -1.08. The molecule has 0 bridgehead atoms. The Balaban J connectivity index is 2.35. The number of halogens is 1. The SMILES string of the molecule is Cc1c(C[C@H](C)NC(=O)O)sc2c(NC(=O)OC(C)(C)C)nc(Cl)nc12. The van der Waals surface area contributed by atoms with Crippen LogP contribution in [0.15, 0.2) is 0 Å². The largest absolute Gasteiger partial charge is 0.465 e. The van der Waals surface area contributed by atoms with E-state index in [1.807, 2.05) is 6.92 Å². The summed E-state index contributed by atoms with van der Waals surface area (Å²) in [5, 5.41) is 13.9. The number of thiophene rings is 1. The number of aromatic nitrogens is 2. The van der Waals surface area contributed by atoms with Crippen molar-refractivity contribution in [3.8, 4) is 0 Å². The minimum absolute atomic E-state index is 0.00715. The van der Waals surface area contributed by atoms with Crippen LogP contribution in [0.1, 0.15) is 38.1 Å². The van der Waals surface area contributed by atoms with Crippen LogP contribution in [-0.2, 0) is 11.2 Å². The van der Waals surface area contributed by atoms with Gasteiger partial charge in [0.1, 0.15) is 5.60 Å². The summed E-state index contributed by atoms with van der Waals surface area (Å²) in [6.07, 6.45) is -1.23. The maximum absolute atomic E-state index is 12.1. The van der Waals surface area contributed by atoms with Crippen LogP contribution in [0.25, 0.3) is 10.2 Å². The molecule has 1 atom stereocenters. The molecule has 8 nitrogen and oxygen atoms in total. The van der Waals surface area contributed by atoms with Gasteiger partial charge in [-0.3, -0.25) is 5.32 Å². The van der Waals surface area contributed by atoms with Crippen molar-refractivity contribution in [2.24, 2.45) is 0 Å². The van der Waals surface area contributed by atoms with Crippen molar-refractivity contribution >= 4 is 51.2 Å². The van der Waals surface area contributed by atoms with Gasteiger partial charge in [-0.2, -0.15) is 4.98 Å². The van der Waals surface area contributed by atoms with Gasteiger partial charge in [-0.05, 0) is 51.8 Å². The zero-order valence-electron chi connectivity index (χ0n) is 15.1. The van der Waals surface area contributed by atoms with Gasteiger partial charge in [-0.1, -0.05) is 0 Å². The molecule has 0 saturated heterocycles. The second kappa shape index (κ2) is 7.63. The Labute approximate surface area is 159 Å². The summed E-state index contributed by atoms with van der Waals surface area (Å²) in [5.74, 6) is 0.271. The first-order chi connectivity index (χ1) is 12.0. The van der Waals surface area contributed by atoms with Crippen molar-refractivity contribution in [2.45, 2.75) is 52.7 Å². The number of nitrogens with one attached hydrogen (secondary N) is 2. The normalized spacial score (nSPS) is 12.7. The summed E-state index contributed by atoms with van der Waals surface area (Å²) in [7, 11) is 0. The van der Waals surface area contributed by atoms with Crippen LogP contribution in [0.2, 0.25) is 5.28 Å². The molecule has 26 heavy (non-hydrogen) atoms. The Morgan fingerprint density at radius 2 is 2.00 bits per heavy atom. The van der Waals surface area contributed by atoms with Gasteiger partial charge in [0, 0.05) is 17.3 Å². The van der Waals surface area contributed by atoms with Crippen LogP contribution in [0.3, 0.4) is 0 Å². The average Bonchev–Trinajstić information content (AvgIpc) is 2.73. The topological polar surface area (TPSA) is 113 Å². The van der Waals surface area contributed by atoms with Gasteiger partial charge in [0.15, 0.2) is 5.82 Å². The van der Waals surface area contributed by atoms with E-state index in [0.29, 0.717) is 16.6 Å². The molecule has 0 fully saturated rings. The molecule has 0 aliphatic carbocycles. The zero-order valence-corrected chi connectivity index (χ0v) is 16.7. The van der Waals surface area contributed by atoms with Crippen molar-refractivity contribution in [2.75, 3.05) is 5.32 Å². The number of ether oxygens (including phenoxy) is 1. The van der Waals surface area contributed by atoms with E-state index >= 15 is 0 Å². The van der Waals surface area contributed by atoms with Crippen molar-refractivity contribution in [1.29, 1.82) is 0 Å². The minimum Gasteiger partial charge on any atom is -0.465 e. The fourth-order valence-corrected chi connectivity index (χ4v) is 3.81. The highest BCUT2D eigenvalue weighted by Crippen LogP contribution is 2.35. The number of aryl methyl sites for hydroxylation is 1. The van der Waals surface area contributed by atoms with E-state index in [4.69, 9.17) is 21.4 Å². The van der Waals surface area contributed by atoms with E-state index in [9.17, 15) is 9.59 Å². The predicted octanol–water partition coefficient (Wildman–Crippen LogP) is 4.20. The van der Waals surface area contributed by atoms with Gasteiger partial charge in [0.25, 0.3) is 0 Å². The molecular weight excluding hydrogens is 380 g/mol. The molecule has 3 N–H and O–H groups in total. The van der Waals surface area contributed by atoms with Crippen LogP contribution >= 0.6 is 22.9 Å². The number of amides is 2. The molecule has 0 aromatic carbocycles. The van der Waals surface area contributed by atoms with Gasteiger partial charge in [0.05, 0.1) is 10.2 Å². The van der Waals surface area contributed by atoms with Gasteiger partial charge < -0.3 is 15.2 Å². The summed E-state index contributed by atoms with van der Waals surface area (Å²) >= 11 is 7.38. The van der Waals surface area contributed by atoms with Crippen molar-refractivity contribution < 1.29 is 19.4 Å². The van der Waals surface area contributed by atoms with Gasteiger partial charge in [0.2, 0.25) is 5.28 Å². The van der Waals surface area contributed by atoms with Crippen LogP contribution in [-0.4, -0.2) is 38.9 Å². The number of carbonyl (C=O) groups excluding carboxylic acids is 1. The fourth-order valence-electron chi connectivity index (χ4n) is 2.33.